The minimum atomic E-state index is 0.257. The smallest absolute Gasteiger partial charge is 0.133 e. The van der Waals surface area contributed by atoms with Crippen molar-refractivity contribution in [3.8, 4) is 11.5 Å². The Balaban J connectivity index is 0.000000160. The number of thioether (sulfide) groups is 2. The molecule has 45 heavy (non-hydrogen) atoms. The van der Waals surface area contributed by atoms with E-state index in [2.05, 4.69) is 63.4 Å². The van der Waals surface area contributed by atoms with Gasteiger partial charge < -0.3 is 10.2 Å². The van der Waals surface area contributed by atoms with Crippen LogP contribution in [0.2, 0.25) is 0 Å². The van der Waals surface area contributed by atoms with Crippen molar-refractivity contribution < 1.29 is 15.0 Å². The summed E-state index contributed by atoms with van der Waals surface area (Å²) in [6.45, 7) is 9.55. The van der Waals surface area contributed by atoms with E-state index in [4.69, 9.17) is 0 Å². The molecule has 0 unspecified atom stereocenters. The molecule has 7 rings (SSSR count). The Kier molecular flexibility index (Phi) is 9.99. The van der Waals surface area contributed by atoms with Crippen LogP contribution < -0.4 is 0 Å². The van der Waals surface area contributed by atoms with Crippen LogP contribution in [0.4, 0.5) is 0 Å². The predicted octanol–water partition coefficient (Wildman–Crippen LogP) is 10.8. The molecular weight excluding hydrogens is 593 g/mol. The minimum absolute atomic E-state index is 0.257. The Labute approximate surface area is 281 Å². The molecule has 1 heterocycles. The molecule has 1 aliphatic heterocycles. The summed E-state index contributed by atoms with van der Waals surface area (Å²) < 4.78 is 0.467. The van der Waals surface area contributed by atoms with E-state index < -0.39 is 0 Å². The second kappa shape index (κ2) is 13.5. The van der Waals surface area contributed by atoms with Gasteiger partial charge in [-0.2, -0.15) is 0 Å². The van der Waals surface area contributed by atoms with Gasteiger partial charge in [-0.05, 0) is 132 Å². The zero-order valence-electron chi connectivity index (χ0n) is 28.2. The van der Waals surface area contributed by atoms with Gasteiger partial charge in [0, 0.05) is 24.3 Å². The number of hydrogen-bond acceptors (Lipinski definition) is 5. The SMILES string of the molecule is CCCC[C@H]1CC(=O)C[C@@H]2c3ccc(O)cc3CC[C@@]12C.CCCC[C@H]1CC2(C[C@@H]3c4ccc(O)cc4CC[C@@]13C)SCCS2. The standard InChI is InChI=1S/C21H30OS2.C19H26O2/c1-3-4-5-16-13-21(23-10-11-24-21)14-19-18-7-6-17(22)12-15(18)8-9-20(16,19)2;1-3-4-5-14-11-16(21)12-18-17-7-6-15(20)10-13(17)8-9-19(14,18)2/h6-7,12,16,19,22H,3-5,8-11,13-14H2,1-2H3;6-7,10,14,18,20H,3-5,8-9,11-12H2,1-2H3/t16-,19+,20-;14-,18+,19-/m00/s1. The number of Topliss-reactive ketones (excluding diaryl/α,β-unsaturated/α-hetero) is 1. The molecule has 2 aromatic rings. The van der Waals surface area contributed by atoms with Gasteiger partial charge in [0.25, 0.3) is 0 Å². The van der Waals surface area contributed by atoms with E-state index in [1.807, 2.05) is 18.2 Å². The Hall–Kier alpha value is -1.59. The third-order valence-electron chi connectivity index (χ3n) is 12.9. The second-order valence-electron chi connectivity index (χ2n) is 15.5. The van der Waals surface area contributed by atoms with E-state index in [1.165, 1.54) is 86.0 Å². The van der Waals surface area contributed by atoms with Crippen LogP contribution in [-0.2, 0) is 17.6 Å². The van der Waals surface area contributed by atoms with Crippen LogP contribution in [0.15, 0.2) is 36.4 Å². The molecule has 5 heteroatoms. The van der Waals surface area contributed by atoms with Gasteiger partial charge in [-0.15, -0.1) is 23.5 Å². The van der Waals surface area contributed by atoms with Gasteiger partial charge in [0.2, 0.25) is 0 Å². The lowest BCUT2D eigenvalue weighted by Crippen LogP contribution is -2.47. The molecule has 246 valence electrons. The zero-order valence-corrected chi connectivity index (χ0v) is 29.8. The van der Waals surface area contributed by atoms with Gasteiger partial charge in [-0.3, -0.25) is 4.79 Å². The fourth-order valence-electron chi connectivity index (χ4n) is 10.1. The van der Waals surface area contributed by atoms with Crippen molar-refractivity contribution in [1.82, 2.24) is 0 Å². The molecule has 2 saturated carbocycles. The van der Waals surface area contributed by atoms with Crippen LogP contribution in [0.1, 0.15) is 139 Å². The number of benzene rings is 2. The number of unbranched alkanes of at least 4 members (excludes halogenated alkanes) is 2. The van der Waals surface area contributed by atoms with Crippen molar-refractivity contribution in [3.63, 3.8) is 0 Å². The Morgan fingerprint density at radius 3 is 1.84 bits per heavy atom. The molecule has 5 aliphatic rings. The van der Waals surface area contributed by atoms with E-state index in [0.717, 1.165) is 31.6 Å². The second-order valence-corrected chi connectivity index (χ2v) is 18.7. The van der Waals surface area contributed by atoms with Crippen LogP contribution in [0.25, 0.3) is 0 Å². The number of fused-ring (bicyclic) bond motifs is 6. The molecule has 3 fully saturated rings. The summed E-state index contributed by atoms with van der Waals surface area (Å²) in [5.74, 6) is 6.30. The number of rotatable bonds is 6. The molecule has 0 bridgehead atoms. The number of phenolic OH excluding ortho intramolecular Hbond substituents is 2. The summed E-state index contributed by atoms with van der Waals surface area (Å²) in [6.07, 6.45) is 16.6. The summed E-state index contributed by atoms with van der Waals surface area (Å²) in [6, 6.07) is 11.9. The van der Waals surface area contributed by atoms with Crippen molar-refractivity contribution in [3.05, 3.63) is 58.7 Å². The molecular formula is C40H56O3S2. The minimum Gasteiger partial charge on any atom is -0.508 e. The maximum absolute atomic E-state index is 12.3. The Morgan fingerprint density at radius 2 is 1.27 bits per heavy atom. The van der Waals surface area contributed by atoms with Crippen LogP contribution >= 0.6 is 23.5 Å². The molecule has 1 saturated heterocycles. The normalized spacial score (nSPS) is 32.9. The third kappa shape index (κ3) is 6.48. The van der Waals surface area contributed by atoms with E-state index in [9.17, 15) is 15.0 Å². The van der Waals surface area contributed by atoms with E-state index in [0.29, 0.717) is 51.0 Å². The first kappa shape index (κ1) is 33.3. The molecule has 6 atom stereocenters. The summed E-state index contributed by atoms with van der Waals surface area (Å²) in [7, 11) is 0. The van der Waals surface area contributed by atoms with Crippen molar-refractivity contribution in [2.45, 2.75) is 134 Å². The van der Waals surface area contributed by atoms with Crippen LogP contribution in [-0.4, -0.2) is 31.6 Å². The largest absolute Gasteiger partial charge is 0.508 e. The summed E-state index contributed by atoms with van der Waals surface area (Å²) in [4.78, 5) is 12.3. The fraction of sp³-hybridized carbons (Fsp3) is 0.675. The number of carbonyl (C=O) groups excluding carboxylic acids is 1. The zero-order chi connectivity index (χ0) is 31.8. The molecule has 1 spiro atoms. The lowest BCUT2D eigenvalue weighted by atomic mass is 9.53. The van der Waals surface area contributed by atoms with Crippen molar-refractivity contribution >= 4 is 29.3 Å². The highest BCUT2D eigenvalue weighted by Crippen LogP contribution is 2.66. The Bertz CT molecular complexity index is 1370. The quantitative estimate of drug-likeness (QED) is 0.326. The van der Waals surface area contributed by atoms with Gasteiger partial charge in [-0.25, -0.2) is 0 Å². The van der Waals surface area contributed by atoms with Crippen LogP contribution in [0, 0.1) is 22.7 Å². The number of hydrogen-bond donors (Lipinski definition) is 2. The number of aryl methyl sites for hydroxylation is 2. The first-order valence-corrected chi connectivity index (χ1v) is 20.0. The van der Waals surface area contributed by atoms with Gasteiger partial charge in [0.15, 0.2) is 0 Å². The van der Waals surface area contributed by atoms with Crippen molar-refractivity contribution in [2.75, 3.05) is 11.5 Å². The van der Waals surface area contributed by atoms with Gasteiger partial charge in [0.1, 0.15) is 17.3 Å². The van der Waals surface area contributed by atoms with E-state index >= 15 is 0 Å². The fourth-order valence-corrected chi connectivity index (χ4v) is 13.6. The molecule has 2 N–H and O–H groups in total. The number of ketones is 1. The molecule has 0 radical (unpaired) electrons. The first-order chi connectivity index (χ1) is 21.6. The molecule has 4 aliphatic carbocycles. The lowest BCUT2D eigenvalue weighted by molar-refractivity contribution is -0.126. The topological polar surface area (TPSA) is 57.5 Å². The van der Waals surface area contributed by atoms with Crippen LogP contribution in [0.5, 0.6) is 11.5 Å². The molecule has 3 nitrogen and oxygen atoms in total. The predicted molar refractivity (Wildman–Crippen MR) is 192 cm³/mol. The molecule has 0 aromatic heterocycles. The summed E-state index contributed by atoms with van der Waals surface area (Å²) in [5, 5.41) is 19.6. The van der Waals surface area contributed by atoms with E-state index in [-0.39, 0.29) is 5.41 Å². The van der Waals surface area contributed by atoms with Crippen molar-refractivity contribution in [2.24, 2.45) is 22.7 Å². The summed E-state index contributed by atoms with van der Waals surface area (Å²) >= 11 is 4.50. The average Bonchev–Trinajstić information content (AvgIpc) is 3.47. The van der Waals surface area contributed by atoms with Gasteiger partial charge >= 0.3 is 0 Å². The molecule has 0 amide bonds. The maximum Gasteiger partial charge on any atom is 0.133 e. The van der Waals surface area contributed by atoms with Gasteiger partial charge in [0.05, 0.1) is 4.08 Å². The van der Waals surface area contributed by atoms with Crippen LogP contribution in [0.3, 0.4) is 0 Å². The van der Waals surface area contributed by atoms with Gasteiger partial charge in [-0.1, -0.05) is 65.5 Å². The first-order valence-electron chi connectivity index (χ1n) is 18.0. The number of phenols is 2. The molecule has 2 aromatic carbocycles. The monoisotopic (exact) mass is 648 g/mol. The highest BCUT2D eigenvalue weighted by Gasteiger charge is 2.55. The summed E-state index contributed by atoms with van der Waals surface area (Å²) in [5.41, 5.74) is 6.24. The highest BCUT2D eigenvalue weighted by molar-refractivity contribution is 8.21. The lowest BCUT2D eigenvalue weighted by Gasteiger charge is -2.56. The Morgan fingerprint density at radius 1 is 0.733 bits per heavy atom. The van der Waals surface area contributed by atoms with E-state index in [1.54, 1.807) is 11.6 Å². The number of carbonyl (C=O) groups is 1. The third-order valence-corrected chi connectivity index (χ3v) is 16.4. The maximum atomic E-state index is 12.3. The highest BCUT2D eigenvalue weighted by atomic mass is 32.2. The van der Waals surface area contributed by atoms with Crippen molar-refractivity contribution in [1.29, 1.82) is 0 Å². The average molecular weight is 649 g/mol. The number of aromatic hydroxyl groups is 2.